The van der Waals surface area contributed by atoms with Gasteiger partial charge >= 0.3 is 0 Å². The lowest BCUT2D eigenvalue weighted by Gasteiger charge is -2.19. The highest BCUT2D eigenvalue weighted by molar-refractivity contribution is 6.04. The first-order valence-corrected chi connectivity index (χ1v) is 11.2. The van der Waals surface area contributed by atoms with Crippen molar-refractivity contribution >= 4 is 23.3 Å². The van der Waals surface area contributed by atoms with Crippen molar-refractivity contribution in [3.8, 4) is 16.9 Å². The molecule has 1 heterocycles. The maximum absolute atomic E-state index is 12.8. The molecule has 2 amide bonds. The lowest BCUT2D eigenvalue weighted by molar-refractivity contribution is -0.114. The number of nitrogens with one attached hydrogen (secondary N) is 2. The zero-order chi connectivity index (χ0) is 24.3. The van der Waals surface area contributed by atoms with Gasteiger partial charge < -0.3 is 10.6 Å². The maximum Gasteiger partial charge on any atom is 0.255 e. The van der Waals surface area contributed by atoms with Crippen LogP contribution in [0.15, 0.2) is 84.9 Å². The van der Waals surface area contributed by atoms with E-state index in [0.29, 0.717) is 11.4 Å². The van der Waals surface area contributed by atoms with E-state index in [1.54, 1.807) is 16.8 Å². The van der Waals surface area contributed by atoms with E-state index in [1.165, 1.54) is 12.5 Å². The fraction of sp³-hybridized carbons (Fsp3) is 0.179. The third-order valence-corrected chi connectivity index (χ3v) is 5.47. The zero-order valence-electron chi connectivity index (χ0n) is 19.8. The number of anilines is 2. The summed E-state index contributed by atoms with van der Waals surface area (Å²) < 4.78 is 1.66. The van der Waals surface area contributed by atoms with Crippen LogP contribution in [-0.4, -0.2) is 21.6 Å². The van der Waals surface area contributed by atoms with Gasteiger partial charge in [-0.1, -0.05) is 63.2 Å². The van der Waals surface area contributed by atoms with E-state index in [-0.39, 0.29) is 17.2 Å². The number of benzene rings is 3. The Morgan fingerprint density at radius 1 is 0.824 bits per heavy atom. The van der Waals surface area contributed by atoms with Crippen LogP contribution in [0, 0.1) is 0 Å². The van der Waals surface area contributed by atoms with Crippen LogP contribution in [0.25, 0.3) is 16.9 Å². The Hall–Kier alpha value is -4.19. The molecule has 0 bridgehead atoms. The van der Waals surface area contributed by atoms with Gasteiger partial charge in [-0.05, 0) is 47.4 Å². The van der Waals surface area contributed by atoms with Crippen molar-refractivity contribution in [1.82, 2.24) is 9.78 Å². The largest absolute Gasteiger partial charge is 0.322 e. The van der Waals surface area contributed by atoms with E-state index in [2.05, 4.69) is 36.5 Å². The van der Waals surface area contributed by atoms with Crippen molar-refractivity contribution in [2.24, 2.45) is 0 Å². The average Bonchev–Trinajstić information content (AvgIpc) is 3.22. The number of carbonyl (C=O) groups is 2. The topological polar surface area (TPSA) is 76.0 Å². The van der Waals surface area contributed by atoms with Crippen LogP contribution in [0.2, 0.25) is 0 Å². The Morgan fingerprint density at radius 2 is 1.47 bits per heavy atom. The third kappa shape index (κ3) is 5.23. The number of amides is 2. The van der Waals surface area contributed by atoms with Crippen molar-refractivity contribution in [3.05, 3.63) is 96.1 Å². The van der Waals surface area contributed by atoms with Gasteiger partial charge in [0.05, 0.1) is 11.4 Å². The van der Waals surface area contributed by atoms with Crippen LogP contribution in [0.4, 0.5) is 11.5 Å². The molecular weight excluding hydrogens is 424 g/mol. The summed E-state index contributed by atoms with van der Waals surface area (Å²) >= 11 is 0. The first-order valence-electron chi connectivity index (χ1n) is 11.2. The molecule has 0 atom stereocenters. The Labute approximate surface area is 199 Å². The van der Waals surface area contributed by atoms with E-state index in [4.69, 9.17) is 0 Å². The monoisotopic (exact) mass is 452 g/mol. The minimum absolute atomic E-state index is 0.0569. The van der Waals surface area contributed by atoms with Crippen LogP contribution in [0.3, 0.4) is 0 Å². The van der Waals surface area contributed by atoms with Crippen molar-refractivity contribution in [2.45, 2.75) is 33.1 Å². The molecule has 3 aromatic carbocycles. The van der Waals surface area contributed by atoms with E-state index >= 15 is 0 Å². The second kappa shape index (κ2) is 9.35. The van der Waals surface area contributed by atoms with Crippen LogP contribution in [0.1, 0.15) is 43.6 Å². The lowest BCUT2D eigenvalue weighted by Crippen LogP contribution is -2.14. The van der Waals surface area contributed by atoms with E-state index < -0.39 is 0 Å². The molecule has 0 aliphatic carbocycles. The highest BCUT2D eigenvalue weighted by Gasteiger charge is 2.15. The van der Waals surface area contributed by atoms with Crippen molar-refractivity contribution < 1.29 is 9.59 Å². The Bertz CT molecular complexity index is 1300. The normalized spacial score (nSPS) is 11.2. The van der Waals surface area contributed by atoms with Crippen LogP contribution in [0.5, 0.6) is 0 Å². The SMILES string of the molecule is CC(=O)Nc1cc(-c2ccccc2)nn1-c1ccc(C(=O)Nc2ccc(C(C)(C)C)cc2)cc1. The number of hydrogen-bond donors (Lipinski definition) is 2. The lowest BCUT2D eigenvalue weighted by atomic mass is 9.87. The smallest absolute Gasteiger partial charge is 0.255 e. The number of carbonyl (C=O) groups excluding carboxylic acids is 2. The molecule has 2 N–H and O–H groups in total. The zero-order valence-corrected chi connectivity index (χ0v) is 19.8. The van der Waals surface area contributed by atoms with Gasteiger partial charge in [0.15, 0.2) is 0 Å². The predicted molar refractivity (Wildman–Crippen MR) is 136 cm³/mol. The van der Waals surface area contributed by atoms with Gasteiger partial charge in [-0.15, -0.1) is 0 Å². The number of aromatic nitrogens is 2. The molecule has 0 aliphatic heterocycles. The van der Waals surface area contributed by atoms with Crippen LogP contribution in [-0.2, 0) is 10.2 Å². The summed E-state index contributed by atoms with van der Waals surface area (Å²) in [6, 6.07) is 26.6. The molecule has 6 heteroatoms. The highest BCUT2D eigenvalue weighted by Crippen LogP contribution is 2.26. The number of nitrogens with zero attached hydrogens (tertiary/aromatic N) is 2. The van der Waals surface area contributed by atoms with Gasteiger partial charge in [-0.25, -0.2) is 4.68 Å². The molecule has 0 spiro atoms. The van der Waals surface area contributed by atoms with E-state index in [9.17, 15) is 9.59 Å². The van der Waals surface area contributed by atoms with Crippen LogP contribution < -0.4 is 10.6 Å². The molecule has 172 valence electrons. The van der Waals surface area contributed by atoms with Crippen molar-refractivity contribution in [3.63, 3.8) is 0 Å². The van der Waals surface area contributed by atoms with Gasteiger partial charge in [-0.3, -0.25) is 9.59 Å². The Balaban J connectivity index is 1.55. The Morgan fingerprint density at radius 3 is 2.06 bits per heavy atom. The first kappa shape index (κ1) is 23.0. The molecule has 0 fully saturated rings. The summed E-state index contributed by atoms with van der Waals surface area (Å²) in [5.41, 5.74) is 4.96. The quantitative estimate of drug-likeness (QED) is 0.387. The minimum atomic E-state index is -0.192. The molecule has 0 aliphatic rings. The van der Waals surface area contributed by atoms with Crippen molar-refractivity contribution in [2.75, 3.05) is 10.6 Å². The molecule has 0 radical (unpaired) electrons. The summed E-state index contributed by atoms with van der Waals surface area (Å²) in [5, 5.41) is 10.4. The summed E-state index contributed by atoms with van der Waals surface area (Å²) in [6.07, 6.45) is 0. The molecule has 34 heavy (non-hydrogen) atoms. The number of rotatable bonds is 5. The highest BCUT2D eigenvalue weighted by atomic mass is 16.2. The third-order valence-electron chi connectivity index (χ3n) is 5.47. The molecule has 4 rings (SSSR count). The molecule has 6 nitrogen and oxygen atoms in total. The number of hydrogen-bond acceptors (Lipinski definition) is 3. The Kier molecular flexibility index (Phi) is 6.32. The van der Waals surface area contributed by atoms with E-state index in [1.807, 2.05) is 72.8 Å². The first-order chi connectivity index (χ1) is 16.2. The summed E-state index contributed by atoms with van der Waals surface area (Å²) in [4.78, 5) is 24.5. The van der Waals surface area contributed by atoms with Crippen LogP contribution >= 0.6 is 0 Å². The van der Waals surface area contributed by atoms with E-state index in [0.717, 1.165) is 22.6 Å². The summed E-state index contributed by atoms with van der Waals surface area (Å²) in [5.74, 6) is 0.180. The van der Waals surface area contributed by atoms with Gasteiger partial charge in [-0.2, -0.15) is 5.10 Å². The van der Waals surface area contributed by atoms with Gasteiger partial charge in [0.2, 0.25) is 5.91 Å². The van der Waals surface area contributed by atoms with Gasteiger partial charge in [0.25, 0.3) is 5.91 Å². The summed E-state index contributed by atoms with van der Waals surface area (Å²) in [7, 11) is 0. The van der Waals surface area contributed by atoms with Crippen molar-refractivity contribution in [1.29, 1.82) is 0 Å². The second-order valence-corrected chi connectivity index (χ2v) is 9.20. The summed E-state index contributed by atoms with van der Waals surface area (Å²) in [6.45, 7) is 7.92. The van der Waals surface area contributed by atoms with Gasteiger partial charge in [0, 0.05) is 29.8 Å². The molecular formula is C28H28N4O2. The standard InChI is InChI=1S/C28H28N4O2/c1-19(33)29-26-18-25(20-8-6-5-7-9-20)31-32(26)24-16-10-21(11-17-24)27(34)30-23-14-12-22(13-15-23)28(2,3)4/h5-18H,1-4H3,(H,29,33)(H,30,34). The predicted octanol–water partition coefficient (Wildman–Crippen LogP) is 6.05. The molecule has 0 saturated carbocycles. The molecule has 0 unspecified atom stereocenters. The fourth-order valence-electron chi connectivity index (χ4n) is 3.61. The molecule has 1 aromatic heterocycles. The molecule has 0 saturated heterocycles. The average molecular weight is 453 g/mol. The second-order valence-electron chi connectivity index (χ2n) is 9.20. The molecule has 4 aromatic rings. The maximum atomic E-state index is 12.8. The van der Waals surface area contributed by atoms with Gasteiger partial charge in [0.1, 0.15) is 5.82 Å². The fourth-order valence-corrected chi connectivity index (χ4v) is 3.61. The minimum Gasteiger partial charge on any atom is -0.322 e.